The van der Waals surface area contributed by atoms with Gasteiger partial charge in [0.2, 0.25) is 5.91 Å². The van der Waals surface area contributed by atoms with E-state index in [2.05, 4.69) is 12.2 Å². The molecule has 0 spiro atoms. The molecular weight excluding hydrogens is 228 g/mol. The van der Waals surface area contributed by atoms with Gasteiger partial charge < -0.3 is 15.0 Å². The molecule has 0 aromatic rings. The van der Waals surface area contributed by atoms with Crippen LogP contribution in [0, 0.1) is 5.92 Å². The summed E-state index contributed by atoms with van der Waals surface area (Å²) in [6.07, 6.45) is 5.99. The van der Waals surface area contributed by atoms with Gasteiger partial charge >= 0.3 is 0 Å². The summed E-state index contributed by atoms with van der Waals surface area (Å²) < 4.78 is 5.38. The molecule has 1 N–H and O–H groups in total. The van der Waals surface area contributed by atoms with Crippen LogP contribution in [0.4, 0.5) is 0 Å². The lowest BCUT2D eigenvalue weighted by atomic mass is 10.0. The topological polar surface area (TPSA) is 41.6 Å². The molecule has 2 atom stereocenters. The average molecular weight is 254 g/mol. The number of nitrogens with zero attached hydrogens (tertiary/aromatic N) is 1. The standard InChI is InChI=1S/C14H26N2O2/c1-12(13-6-9-18-11-13)15-10-14(17)16-7-4-2-3-5-8-16/h12-13,15H,2-11H2,1H3. The molecule has 104 valence electrons. The van der Waals surface area contributed by atoms with Crippen LogP contribution in [0.25, 0.3) is 0 Å². The van der Waals surface area contributed by atoms with Crippen molar-refractivity contribution in [2.24, 2.45) is 5.92 Å². The van der Waals surface area contributed by atoms with Gasteiger partial charge in [0.25, 0.3) is 0 Å². The minimum Gasteiger partial charge on any atom is -0.381 e. The van der Waals surface area contributed by atoms with E-state index < -0.39 is 0 Å². The van der Waals surface area contributed by atoms with Crippen molar-refractivity contribution < 1.29 is 9.53 Å². The second-order valence-corrected chi connectivity index (χ2v) is 5.59. The van der Waals surface area contributed by atoms with Crippen molar-refractivity contribution >= 4 is 5.91 Å². The molecule has 2 unspecified atom stereocenters. The van der Waals surface area contributed by atoms with Crippen LogP contribution < -0.4 is 5.32 Å². The Morgan fingerprint density at radius 2 is 2.06 bits per heavy atom. The molecule has 0 bridgehead atoms. The minimum absolute atomic E-state index is 0.266. The largest absolute Gasteiger partial charge is 0.381 e. The molecule has 18 heavy (non-hydrogen) atoms. The maximum atomic E-state index is 12.1. The fourth-order valence-electron chi connectivity index (χ4n) is 2.79. The monoisotopic (exact) mass is 254 g/mol. The molecule has 0 saturated carbocycles. The van der Waals surface area contributed by atoms with E-state index in [1.54, 1.807) is 0 Å². The van der Waals surface area contributed by atoms with Gasteiger partial charge in [-0.1, -0.05) is 12.8 Å². The molecule has 4 nitrogen and oxygen atoms in total. The van der Waals surface area contributed by atoms with Crippen molar-refractivity contribution in [1.82, 2.24) is 10.2 Å². The highest BCUT2D eigenvalue weighted by Crippen LogP contribution is 2.16. The Bertz CT molecular complexity index is 257. The lowest BCUT2D eigenvalue weighted by Gasteiger charge is -2.23. The Morgan fingerprint density at radius 3 is 2.67 bits per heavy atom. The predicted octanol–water partition coefficient (Wildman–Crippen LogP) is 1.40. The number of rotatable bonds is 4. The first kappa shape index (κ1) is 13.8. The van der Waals surface area contributed by atoms with E-state index in [9.17, 15) is 4.79 Å². The highest BCUT2D eigenvalue weighted by atomic mass is 16.5. The molecule has 2 saturated heterocycles. The van der Waals surface area contributed by atoms with Gasteiger partial charge in [0.05, 0.1) is 13.2 Å². The number of likely N-dealkylation sites (tertiary alicyclic amines) is 1. The molecule has 0 aromatic carbocycles. The molecule has 0 radical (unpaired) electrons. The van der Waals surface area contributed by atoms with Crippen LogP contribution in [0.1, 0.15) is 39.0 Å². The molecule has 2 aliphatic rings. The lowest BCUT2D eigenvalue weighted by Crippen LogP contribution is -2.43. The van der Waals surface area contributed by atoms with Crippen LogP contribution in [0.3, 0.4) is 0 Å². The minimum atomic E-state index is 0.266. The van der Waals surface area contributed by atoms with Gasteiger partial charge in [0, 0.05) is 25.7 Å². The third-order valence-corrected chi connectivity index (χ3v) is 4.21. The van der Waals surface area contributed by atoms with E-state index in [0.29, 0.717) is 18.5 Å². The predicted molar refractivity (Wildman–Crippen MR) is 71.4 cm³/mol. The van der Waals surface area contributed by atoms with Gasteiger partial charge in [-0.3, -0.25) is 4.79 Å². The van der Waals surface area contributed by atoms with Crippen molar-refractivity contribution in [1.29, 1.82) is 0 Å². The molecule has 2 aliphatic heterocycles. The maximum Gasteiger partial charge on any atom is 0.236 e. The summed E-state index contributed by atoms with van der Waals surface area (Å²) in [5, 5.41) is 3.37. The van der Waals surface area contributed by atoms with Gasteiger partial charge in [-0.15, -0.1) is 0 Å². The highest BCUT2D eigenvalue weighted by molar-refractivity contribution is 5.78. The summed E-state index contributed by atoms with van der Waals surface area (Å²) >= 11 is 0. The number of nitrogens with one attached hydrogen (secondary N) is 1. The summed E-state index contributed by atoms with van der Waals surface area (Å²) in [7, 11) is 0. The van der Waals surface area contributed by atoms with Gasteiger partial charge in [-0.05, 0) is 32.1 Å². The quantitative estimate of drug-likeness (QED) is 0.824. The first-order valence-corrected chi connectivity index (χ1v) is 7.36. The maximum absolute atomic E-state index is 12.1. The zero-order valence-electron chi connectivity index (χ0n) is 11.5. The van der Waals surface area contributed by atoms with Crippen LogP contribution in [0.2, 0.25) is 0 Å². The number of hydrogen-bond acceptors (Lipinski definition) is 3. The molecule has 0 aromatic heterocycles. The van der Waals surface area contributed by atoms with E-state index in [1.807, 2.05) is 4.90 Å². The molecular formula is C14H26N2O2. The highest BCUT2D eigenvalue weighted by Gasteiger charge is 2.23. The summed E-state index contributed by atoms with van der Waals surface area (Å²) in [4.78, 5) is 14.1. The van der Waals surface area contributed by atoms with Crippen LogP contribution in [-0.2, 0) is 9.53 Å². The summed E-state index contributed by atoms with van der Waals surface area (Å²) in [6.45, 7) is 6.25. The molecule has 2 rings (SSSR count). The average Bonchev–Trinajstić information content (AvgIpc) is 2.78. The Hall–Kier alpha value is -0.610. The van der Waals surface area contributed by atoms with Gasteiger partial charge in [0.15, 0.2) is 0 Å². The smallest absolute Gasteiger partial charge is 0.236 e. The van der Waals surface area contributed by atoms with E-state index >= 15 is 0 Å². The van der Waals surface area contributed by atoms with Gasteiger partial charge in [-0.25, -0.2) is 0 Å². The Kier molecular flexibility index (Phi) is 5.45. The summed E-state index contributed by atoms with van der Waals surface area (Å²) in [5.41, 5.74) is 0. The second kappa shape index (κ2) is 7.10. The van der Waals surface area contributed by atoms with Crippen LogP contribution in [-0.4, -0.2) is 49.7 Å². The lowest BCUT2D eigenvalue weighted by molar-refractivity contribution is -0.130. The fraction of sp³-hybridized carbons (Fsp3) is 0.929. The normalized spacial score (nSPS) is 26.9. The van der Waals surface area contributed by atoms with Crippen molar-refractivity contribution in [2.45, 2.75) is 45.1 Å². The molecule has 2 fully saturated rings. The number of carbonyl (C=O) groups is 1. The third-order valence-electron chi connectivity index (χ3n) is 4.21. The first-order chi connectivity index (χ1) is 8.77. The van der Waals surface area contributed by atoms with E-state index in [0.717, 1.165) is 45.6 Å². The Morgan fingerprint density at radius 1 is 1.33 bits per heavy atom. The van der Waals surface area contributed by atoms with E-state index in [-0.39, 0.29) is 5.91 Å². The van der Waals surface area contributed by atoms with Crippen molar-refractivity contribution in [3.63, 3.8) is 0 Å². The van der Waals surface area contributed by atoms with Crippen LogP contribution in [0.5, 0.6) is 0 Å². The number of hydrogen-bond donors (Lipinski definition) is 1. The Balaban J connectivity index is 1.69. The SMILES string of the molecule is CC(NCC(=O)N1CCCCCC1)C1CCOC1. The number of ether oxygens (including phenoxy) is 1. The molecule has 2 heterocycles. The van der Waals surface area contributed by atoms with Crippen LogP contribution in [0.15, 0.2) is 0 Å². The zero-order valence-corrected chi connectivity index (χ0v) is 11.5. The van der Waals surface area contributed by atoms with E-state index in [4.69, 9.17) is 4.74 Å². The van der Waals surface area contributed by atoms with Crippen LogP contribution >= 0.6 is 0 Å². The summed E-state index contributed by atoms with van der Waals surface area (Å²) in [5.74, 6) is 0.838. The van der Waals surface area contributed by atoms with Crippen molar-refractivity contribution in [2.75, 3.05) is 32.8 Å². The molecule has 1 amide bonds. The second-order valence-electron chi connectivity index (χ2n) is 5.59. The van der Waals surface area contributed by atoms with Gasteiger partial charge in [-0.2, -0.15) is 0 Å². The Labute approximate surface area is 110 Å². The van der Waals surface area contributed by atoms with Gasteiger partial charge in [0.1, 0.15) is 0 Å². The summed E-state index contributed by atoms with van der Waals surface area (Å²) in [6, 6.07) is 0.378. The molecule has 0 aliphatic carbocycles. The van der Waals surface area contributed by atoms with Crippen molar-refractivity contribution in [3.05, 3.63) is 0 Å². The third kappa shape index (κ3) is 3.95. The molecule has 4 heteroatoms. The van der Waals surface area contributed by atoms with Crippen molar-refractivity contribution in [3.8, 4) is 0 Å². The fourth-order valence-corrected chi connectivity index (χ4v) is 2.79. The van der Waals surface area contributed by atoms with E-state index in [1.165, 1.54) is 12.8 Å². The number of amides is 1. The number of carbonyl (C=O) groups excluding carboxylic acids is 1. The zero-order chi connectivity index (χ0) is 12.8. The first-order valence-electron chi connectivity index (χ1n) is 7.36.